The highest BCUT2D eigenvalue weighted by molar-refractivity contribution is 7.99. The van der Waals surface area contributed by atoms with Crippen molar-refractivity contribution in [1.82, 2.24) is 10.0 Å². The fourth-order valence-corrected chi connectivity index (χ4v) is 4.24. The van der Waals surface area contributed by atoms with Crippen molar-refractivity contribution in [3.63, 3.8) is 0 Å². The van der Waals surface area contributed by atoms with Crippen molar-refractivity contribution in [2.24, 2.45) is 17.6 Å². The van der Waals surface area contributed by atoms with Gasteiger partial charge in [-0.05, 0) is 36.5 Å². The molecule has 21 heavy (non-hydrogen) atoms. The average molecular weight is 305 g/mol. The maximum absolute atomic E-state index is 11.6. The van der Waals surface area contributed by atoms with Gasteiger partial charge in [-0.3, -0.25) is 14.3 Å². The van der Waals surface area contributed by atoms with E-state index in [2.05, 4.69) is 10.0 Å². The summed E-state index contributed by atoms with van der Waals surface area (Å²) in [6, 6.07) is 7.69. The predicted molar refractivity (Wildman–Crippen MR) is 82.5 cm³/mol. The third-order valence-electron chi connectivity index (χ3n) is 4.26. The van der Waals surface area contributed by atoms with Gasteiger partial charge >= 0.3 is 0 Å². The molecule has 6 heteroatoms. The first-order valence-electron chi connectivity index (χ1n) is 7.14. The first-order chi connectivity index (χ1) is 10.1. The Labute approximate surface area is 128 Å². The van der Waals surface area contributed by atoms with Crippen LogP contribution in [0, 0.1) is 11.8 Å². The van der Waals surface area contributed by atoms with Crippen LogP contribution in [0.5, 0.6) is 0 Å². The second-order valence-corrected chi connectivity index (χ2v) is 6.63. The lowest BCUT2D eigenvalue weighted by molar-refractivity contribution is -0.118. The van der Waals surface area contributed by atoms with E-state index in [-0.39, 0.29) is 29.0 Å². The number of hydrogen-bond donors (Lipinski definition) is 3. The Bertz CT molecular complexity index is 557. The summed E-state index contributed by atoms with van der Waals surface area (Å²) in [6.07, 6.45) is 2.34. The molecule has 112 valence electrons. The van der Waals surface area contributed by atoms with Crippen molar-refractivity contribution in [1.29, 1.82) is 0 Å². The molecule has 3 unspecified atom stereocenters. The van der Waals surface area contributed by atoms with Crippen LogP contribution in [0.15, 0.2) is 24.3 Å². The summed E-state index contributed by atoms with van der Waals surface area (Å²) in [6.45, 7) is 0. The molecule has 1 saturated carbocycles. The number of nitrogens with two attached hydrogens (primary N) is 1. The summed E-state index contributed by atoms with van der Waals surface area (Å²) in [5.74, 6) is 0.491. The van der Waals surface area contributed by atoms with Gasteiger partial charge in [0.2, 0.25) is 5.91 Å². The van der Waals surface area contributed by atoms with Gasteiger partial charge in [0.25, 0.3) is 5.91 Å². The Morgan fingerprint density at radius 2 is 1.95 bits per heavy atom. The molecule has 3 atom stereocenters. The summed E-state index contributed by atoms with van der Waals surface area (Å²) < 4.78 is 3.35. The topological polar surface area (TPSA) is 84.2 Å². The summed E-state index contributed by atoms with van der Waals surface area (Å²) in [4.78, 5) is 23.2. The van der Waals surface area contributed by atoms with Gasteiger partial charge in [0.15, 0.2) is 0 Å². The van der Waals surface area contributed by atoms with E-state index >= 15 is 0 Å². The largest absolute Gasteiger partial charge is 0.369 e. The van der Waals surface area contributed by atoms with E-state index in [0.717, 1.165) is 5.56 Å². The Balaban J connectivity index is 1.82. The maximum atomic E-state index is 11.6. The lowest BCUT2D eigenvalue weighted by atomic mass is 9.86. The molecule has 1 saturated heterocycles. The number of benzene rings is 1. The fraction of sp³-hybridized carbons (Fsp3) is 0.467. The maximum Gasteiger partial charge on any atom is 0.251 e. The minimum atomic E-state index is -0.242. The van der Waals surface area contributed by atoms with Gasteiger partial charge < -0.3 is 11.1 Å². The summed E-state index contributed by atoms with van der Waals surface area (Å²) >= 11 is 1.44. The molecule has 5 nitrogen and oxygen atoms in total. The second kappa shape index (κ2) is 5.69. The minimum absolute atomic E-state index is 0.0935. The standard InChI is InChI=1S/C15H19N3O2S/c1-17-15(20)10-6-4-9(5-7-10)12-11(8-2-3-8)13(14(16)19)21-18-12/h4-8,11-13,18H,2-3H2,1H3,(H2,16,19)(H,17,20). The Morgan fingerprint density at radius 1 is 1.29 bits per heavy atom. The molecule has 2 amide bonds. The number of nitrogens with one attached hydrogen (secondary N) is 2. The Kier molecular flexibility index (Phi) is 3.91. The van der Waals surface area contributed by atoms with E-state index in [1.807, 2.05) is 24.3 Å². The van der Waals surface area contributed by atoms with Crippen molar-refractivity contribution in [3.8, 4) is 0 Å². The highest BCUT2D eigenvalue weighted by Crippen LogP contribution is 2.51. The van der Waals surface area contributed by atoms with E-state index in [0.29, 0.717) is 11.5 Å². The van der Waals surface area contributed by atoms with Gasteiger partial charge in [0.05, 0.1) is 0 Å². The van der Waals surface area contributed by atoms with Crippen LogP contribution < -0.4 is 15.8 Å². The van der Waals surface area contributed by atoms with E-state index in [1.54, 1.807) is 7.05 Å². The van der Waals surface area contributed by atoms with Crippen molar-refractivity contribution < 1.29 is 9.59 Å². The summed E-state index contributed by atoms with van der Waals surface area (Å²) in [7, 11) is 1.62. The molecule has 0 aromatic heterocycles. The van der Waals surface area contributed by atoms with Crippen LogP contribution in [0.25, 0.3) is 0 Å². The molecule has 0 spiro atoms. The van der Waals surface area contributed by atoms with Crippen molar-refractivity contribution in [2.75, 3.05) is 7.05 Å². The number of carbonyl (C=O) groups excluding carboxylic acids is 2. The van der Waals surface area contributed by atoms with Crippen molar-refractivity contribution in [3.05, 3.63) is 35.4 Å². The van der Waals surface area contributed by atoms with Crippen LogP contribution in [-0.4, -0.2) is 24.1 Å². The molecule has 0 radical (unpaired) electrons. The molecule has 4 N–H and O–H groups in total. The van der Waals surface area contributed by atoms with Gasteiger partial charge in [-0.15, -0.1) is 0 Å². The van der Waals surface area contributed by atoms with Crippen LogP contribution in [0.4, 0.5) is 0 Å². The van der Waals surface area contributed by atoms with Gasteiger partial charge in [-0.2, -0.15) is 0 Å². The molecule has 2 fully saturated rings. The van der Waals surface area contributed by atoms with Crippen LogP contribution in [-0.2, 0) is 4.79 Å². The molecule has 1 heterocycles. The van der Waals surface area contributed by atoms with Gasteiger partial charge in [-0.25, -0.2) is 0 Å². The molecule has 3 rings (SSSR count). The van der Waals surface area contributed by atoms with Crippen LogP contribution in [0.1, 0.15) is 34.8 Å². The Hall–Kier alpha value is -1.53. The molecule has 1 aromatic rings. The third-order valence-corrected chi connectivity index (χ3v) is 5.45. The molecule has 2 aliphatic rings. The number of carbonyl (C=O) groups is 2. The zero-order valence-electron chi connectivity index (χ0n) is 11.8. The monoisotopic (exact) mass is 305 g/mol. The molecule has 1 aliphatic heterocycles. The SMILES string of the molecule is CNC(=O)c1ccc(C2NSC(C(N)=O)C2C2CC2)cc1. The molecule has 1 aliphatic carbocycles. The lowest BCUT2D eigenvalue weighted by Crippen LogP contribution is -2.32. The van der Waals surface area contributed by atoms with E-state index in [9.17, 15) is 9.59 Å². The predicted octanol–water partition coefficient (Wildman–Crippen LogP) is 1.22. The first kappa shape index (κ1) is 14.4. The van der Waals surface area contributed by atoms with Gasteiger partial charge in [0, 0.05) is 24.6 Å². The molecular formula is C15H19N3O2S. The van der Waals surface area contributed by atoms with Crippen LogP contribution in [0.3, 0.4) is 0 Å². The third kappa shape index (κ3) is 2.78. The molecular weight excluding hydrogens is 286 g/mol. The van der Waals surface area contributed by atoms with E-state index in [4.69, 9.17) is 5.73 Å². The fourth-order valence-electron chi connectivity index (χ4n) is 3.00. The number of amides is 2. The van der Waals surface area contributed by atoms with Gasteiger partial charge in [0.1, 0.15) is 5.25 Å². The zero-order chi connectivity index (χ0) is 15.0. The highest BCUT2D eigenvalue weighted by atomic mass is 32.2. The van der Waals surface area contributed by atoms with E-state index in [1.165, 1.54) is 24.8 Å². The number of hydrogen-bond acceptors (Lipinski definition) is 4. The Morgan fingerprint density at radius 3 is 2.48 bits per heavy atom. The van der Waals surface area contributed by atoms with Crippen LogP contribution in [0.2, 0.25) is 0 Å². The quantitative estimate of drug-likeness (QED) is 0.730. The summed E-state index contributed by atoms with van der Waals surface area (Å²) in [5, 5.41) is 2.44. The molecule has 0 bridgehead atoms. The summed E-state index contributed by atoms with van der Waals surface area (Å²) in [5.41, 5.74) is 7.27. The van der Waals surface area contributed by atoms with Crippen molar-refractivity contribution in [2.45, 2.75) is 24.1 Å². The van der Waals surface area contributed by atoms with Gasteiger partial charge in [-0.1, -0.05) is 24.1 Å². The lowest BCUT2D eigenvalue weighted by Gasteiger charge is -2.21. The number of rotatable bonds is 4. The number of primary amides is 1. The zero-order valence-corrected chi connectivity index (χ0v) is 12.7. The highest BCUT2D eigenvalue weighted by Gasteiger charge is 2.48. The first-order valence-corrected chi connectivity index (χ1v) is 8.02. The normalized spacial score (nSPS) is 28.3. The van der Waals surface area contributed by atoms with Crippen LogP contribution >= 0.6 is 11.9 Å². The smallest absolute Gasteiger partial charge is 0.251 e. The van der Waals surface area contributed by atoms with E-state index < -0.39 is 0 Å². The van der Waals surface area contributed by atoms with Crippen molar-refractivity contribution >= 4 is 23.8 Å². The molecule has 1 aromatic carbocycles. The average Bonchev–Trinajstić information content (AvgIpc) is 3.24. The minimum Gasteiger partial charge on any atom is -0.369 e. The second-order valence-electron chi connectivity index (χ2n) is 5.65.